The molecule has 2 N–H and O–H groups in total. The smallest absolute Gasteiger partial charge is 0.493 e. The van der Waals surface area contributed by atoms with Gasteiger partial charge in [0.15, 0.2) is 0 Å². The Morgan fingerprint density at radius 2 is 1.91 bits per heavy atom. The molecule has 0 radical (unpaired) electrons. The van der Waals surface area contributed by atoms with Gasteiger partial charge < -0.3 is 24.6 Å². The van der Waals surface area contributed by atoms with Crippen molar-refractivity contribution in [2.75, 3.05) is 13.2 Å². The van der Waals surface area contributed by atoms with Crippen molar-refractivity contribution in [3.63, 3.8) is 0 Å². The molecule has 3 aromatic rings. The predicted octanol–water partition coefficient (Wildman–Crippen LogP) is 5.40. The molecule has 0 bridgehead atoms. The molecule has 1 aliphatic rings. The van der Waals surface area contributed by atoms with Crippen molar-refractivity contribution in [3.8, 4) is 23.3 Å². The Labute approximate surface area is 202 Å². The number of ether oxygens (including phenoxy) is 3. The van der Waals surface area contributed by atoms with Crippen LogP contribution < -0.4 is 14.8 Å². The minimum Gasteiger partial charge on any atom is -0.493 e. The molecule has 0 aromatic heterocycles. The Bertz CT molecular complexity index is 1250. The predicted molar refractivity (Wildman–Crippen MR) is 127 cm³/mol. The summed E-state index contributed by atoms with van der Waals surface area (Å²) < 4.78 is 16.4. The lowest BCUT2D eigenvalue weighted by molar-refractivity contribution is 0.0326. The number of nitrogens with zero attached hydrogens (tertiary/aromatic N) is 1. The molecule has 178 valence electrons. The summed E-state index contributed by atoms with van der Waals surface area (Å²) >= 11 is 0. The monoisotopic (exact) mass is 472 g/mol. The second kappa shape index (κ2) is 10.6. The van der Waals surface area contributed by atoms with Crippen LogP contribution >= 0.6 is 0 Å². The van der Waals surface area contributed by atoms with Crippen LogP contribution in [0.2, 0.25) is 0 Å². The maximum atomic E-state index is 12.6. The molecule has 1 unspecified atom stereocenters. The lowest BCUT2D eigenvalue weighted by atomic mass is 10.00. The van der Waals surface area contributed by atoms with Gasteiger partial charge in [-0.25, -0.2) is 4.79 Å². The normalized spacial score (nSPS) is 15.0. The summed E-state index contributed by atoms with van der Waals surface area (Å²) in [4.78, 5) is 23.5. The van der Waals surface area contributed by atoms with E-state index in [1.807, 2.05) is 30.3 Å². The van der Waals surface area contributed by atoms with Crippen LogP contribution in [-0.4, -0.2) is 30.3 Å². The molecule has 0 saturated carbocycles. The van der Waals surface area contributed by atoms with Gasteiger partial charge in [-0.3, -0.25) is 4.79 Å². The Kier molecular flexibility index (Phi) is 7.17. The topological polar surface area (TPSA) is 118 Å². The number of carbonyl (C=O) groups excluding carboxylic acids is 1. The van der Waals surface area contributed by atoms with Gasteiger partial charge in [-0.2, -0.15) is 5.26 Å². The third-order valence-electron chi connectivity index (χ3n) is 5.74. The second-order valence-electron chi connectivity index (χ2n) is 8.16. The number of nitrogens with one attached hydrogen (secondary N) is 1. The number of amides is 1. The van der Waals surface area contributed by atoms with Gasteiger partial charge in [-0.1, -0.05) is 37.3 Å². The number of carbonyl (C=O) groups is 2. The highest BCUT2D eigenvalue weighted by Gasteiger charge is 2.27. The summed E-state index contributed by atoms with van der Waals surface area (Å²) in [5.41, 5.74) is 2.34. The molecule has 35 heavy (non-hydrogen) atoms. The average molecular weight is 472 g/mol. The van der Waals surface area contributed by atoms with Crippen LogP contribution in [0.15, 0.2) is 66.7 Å². The number of rotatable bonds is 7. The number of hydrogen-bond acceptors (Lipinski definition) is 6. The third-order valence-corrected chi connectivity index (χ3v) is 5.74. The molecule has 1 aliphatic heterocycles. The van der Waals surface area contributed by atoms with Crippen molar-refractivity contribution in [1.29, 1.82) is 5.26 Å². The Hall–Kier alpha value is -4.51. The van der Waals surface area contributed by atoms with E-state index in [2.05, 4.69) is 18.3 Å². The van der Waals surface area contributed by atoms with Crippen LogP contribution in [0.1, 0.15) is 52.4 Å². The highest BCUT2D eigenvalue weighted by atomic mass is 16.7. The Morgan fingerprint density at radius 3 is 2.60 bits per heavy atom. The van der Waals surface area contributed by atoms with E-state index in [4.69, 9.17) is 19.3 Å². The zero-order valence-electron chi connectivity index (χ0n) is 19.1. The summed E-state index contributed by atoms with van der Waals surface area (Å²) in [5.74, 6) is 1.09. The first-order chi connectivity index (χ1) is 16.9. The van der Waals surface area contributed by atoms with E-state index in [0.717, 1.165) is 5.56 Å². The average Bonchev–Trinajstić information content (AvgIpc) is 2.87. The van der Waals surface area contributed by atoms with Crippen LogP contribution in [0.4, 0.5) is 4.79 Å². The Morgan fingerprint density at radius 1 is 1.17 bits per heavy atom. The van der Waals surface area contributed by atoms with Crippen molar-refractivity contribution in [2.24, 2.45) is 0 Å². The van der Waals surface area contributed by atoms with E-state index in [-0.39, 0.29) is 29.7 Å². The largest absolute Gasteiger partial charge is 0.506 e. The molecule has 2 atom stereocenters. The molecule has 8 nitrogen and oxygen atoms in total. The van der Waals surface area contributed by atoms with Gasteiger partial charge in [0.2, 0.25) is 0 Å². The molecule has 8 heteroatoms. The summed E-state index contributed by atoms with van der Waals surface area (Å²) in [7, 11) is 0. The molecule has 1 heterocycles. The lowest BCUT2D eigenvalue weighted by Crippen LogP contribution is -2.27. The fourth-order valence-electron chi connectivity index (χ4n) is 3.85. The summed E-state index contributed by atoms with van der Waals surface area (Å²) in [6, 6.07) is 21.7. The lowest BCUT2D eigenvalue weighted by Gasteiger charge is -2.25. The summed E-state index contributed by atoms with van der Waals surface area (Å²) in [6.07, 6.45) is -1.74. The molecule has 4 rings (SSSR count). The van der Waals surface area contributed by atoms with Crippen LogP contribution in [0.5, 0.6) is 17.2 Å². The molecule has 0 aliphatic carbocycles. The van der Waals surface area contributed by atoms with Gasteiger partial charge in [0.05, 0.1) is 12.2 Å². The maximum absolute atomic E-state index is 12.6. The van der Waals surface area contributed by atoms with Crippen molar-refractivity contribution >= 4 is 12.1 Å². The van der Waals surface area contributed by atoms with Crippen LogP contribution in [0, 0.1) is 11.3 Å². The summed E-state index contributed by atoms with van der Waals surface area (Å²) in [6.45, 7) is 2.84. The highest BCUT2D eigenvalue weighted by Crippen LogP contribution is 2.40. The second-order valence-corrected chi connectivity index (χ2v) is 8.16. The number of benzene rings is 3. The SMILES string of the molecule is C[C@@H](CNC(=O)c1ccc(Oc2cc3c(cc2C#N)C(OC(=O)O)CCO3)cc1)c1ccccc1. The number of nitriles is 1. The quantitative estimate of drug-likeness (QED) is 0.442. The molecule has 0 spiro atoms. The number of fused-ring (bicyclic) bond motifs is 1. The van der Waals surface area contributed by atoms with Crippen molar-refractivity contribution in [1.82, 2.24) is 5.32 Å². The van der Waals surface area contributed by atoms with Crippen LogP contribution in [-0.2, 0) is 4.74 Å². The standard InChI is InChI=1S/C27H24N2O6/c1-17(18-5-3-2-4-6-18)16-29-26(30)19-7-9-21(10-8-19)34-24-14-25-22(13-20(24)15-28)23(11-12-33-25)35-27(31)32/h2-10,13-14,17,23H,11-12,16H2,1H3,(H,29,30)(H,31,32)/t17-,23?/m0/s1. The first-order valence-corrected chi connectivity index (χ1v) is 11.2. The Balaban J connectivity index is 1.43. The number of hydrogen-bond donors (Lipinski definition) is 2. The zero-order valence-corrected chi connectivity index (χ0v) is 19.1. The van der Waals surface area contributed by atoms with E-state index in [9.17, 15) is 14.9 Å². The molecule has 0 fully saturated rings. The van der Waals surface area contributed by atoms with Gasteiger partial charge in [-0.05, 0) is 41.8 Å². The van der Waals surface area contributed by atoms with Crippen molar-refractivity contribution in [3.05, 3.63) is 89.0 Å². The van der Waals surface area contributed by atoms with Crippen molar-refractivity contribution in [2.45, 2.75) is 25.4 Å². The molecular formula is C27H24N2O6. The van der Waals surface area contributed by atoms with E-state index in [0.29, 0.717) is 35.6 Å². The third kappa shape index (κ3) is 5.71. The van der Waals surface area contributed by atoms with Crippen LogP contribution in [0.25, 0.3) is 0 Å². The molecule has 1 amide bonds. The minimum atomic E-state index is -1.39. The fraction of sp³-hybridized carbons (Fsp3) is 0.222. The minimum absolute atomic E-state index is 0.180. The maximum Gasteiger partial charge on any atom is 0.506 e. The molecule has 3 aromatic carbocycles. The van der Waals surface area contributed by atoms with E-state index >= 15 is 0 Å². The van der Waals surface area contributed by atoms with Gasteiger partial charge in [0, 0.05) is 30.2 Å². The molecule has 0 saturated heterocycles. The van der Waals surface area contributed by atoms with Crippen molar-refractivity contribution < 1.29 is 28.9 Å². The van der Waals surface area contributed by atoms with E-state index < -0.39 is 12.3 Å². The first-order valence-electron chi connectivity index (χ1n) is 11.2. The fourth-order valence-corrected chi connectivity index (χ4v) is 3.85. The highest BCUT2D eigenvalue weighted by molar-refractivity contribution is 5.94. The first kappa shape index (κ1) is 23.6. The van der Waals surface area contributed by atoms with Gasteiger partial charge >= 0.3 is 6.16 Å². The summed E-state index contributed by atoms with van der Waals surface area (Å²) in [5, 5.41) is 21.5. The van der Waals surface area contributed by atoms with Gasteiger partial charge in [0.25, 0.3) is 5.91 Å². The van der Waals surface area contributed by atoms with Gasteiger partial charge in [0.1, 0.15) is 29.4 Å². The van der Waals surface area contributed by atoms with E-state index in [1.165, 1.54) is 6.07 Å². The number of carboxylic acid groups (broad SMARTS) is 1. The zero-order chi connectivity index (χ0) is 24.8. The van der Waals surface area contributed by atoms with Gasteiger partial charge in [-0.15, -0.1) is 0 Å². The van der Waals surface area contributed by atoms with Crippen LogP contribution in [0.3, 0.4) is 0 Å². The molecular weight excluding hydrogens is 448 g/mol. The van der Waals surface area contributed by atoms with E-state index in [1.54, 1.807) is 30.3 Å².